The van der Waals surface area contributed by atoms with Crippen LogP contribution in [0, 0.1) is 26.7 Å². The van der Waals surface area contributed by atoms with Gasteiger partial charge in [0.2, 0.25) is 11.8 Å². The van der Waals surface area contributed by atoms with Crippen LogP contribution in [0.4, 0.5) is 0 Å². The molecule has 0 unspecified atom stereocenters. The second kappa shape index (κ2) is 10.7. The van der Waals surface area contributed by atoms with Gasteiger partial charge in [-0.3, -0.25) is 14.2 Å². The molecule has 1 aromatic heterocycles. The highest BCUT2D eigenvalue weighted by Crippen LogP contribution is 2.26. The Hall–Kier alpha value is -2.35. The first-order valence-corrected chi connectivity index (χ1v) is 13.1. The highest BCUT2D eigenvalue weighted by atomic mass is 32.2. The van der Waals surface area contributed by atoms with Crippen LogP contribution < -0.4 is 5.32 Å². The minimum absolute atomic E-state index is 0.116. The van der Waals surface area contributed by atoms with Crippen molar-refractivity contribution in [1.82, 2.24) is 25.0 Å². The molecule has 0 bridgehead atoms. The fraction of sp³-hybridized carbons (Fsp3) is 0.600. The van der Waals surface area contributed by atoms with E-state index < -0.39 is 0 Å². The van der Waals surface area contributed by atoms with E-state index in [1.807, 2.05) is 16.4 Å². The molecule has 1 aromatic carbocycles. The number of carbonyl (C=O) groups excluding carboxylic acids is 2. The number of hydrogen-bond donors (Lipinski definition) is 1. The van der Waals surface area contributed by atoms with Crippen molar-refractivity contribution in [1.29, 1.82) is 0 Å². The number of thioether (sulfide) groups is 1. The van der Waals surface area contributed by atoms with Crippen molar-refractivity contribution in [3.8, 4) is 5.69 Å². The van der Waals surface area contributed by atoms with Gasteiger partial charge < -0.3 is 10.2 Å². The Labute approximate surface area is 200 Å². The number of amides is 2. The maximum absolute atomic E-state index is 12.9. The van der Waals surface area contributed by atoms with Crippen LogP contribution in [-0.4, -0.2) is 56.4 Å². The highest BCUT2D eigenvalue weighted by molar-refractivity contribution is 7.99. The molecule has 1 N–H and O–H groups in total. The topological polar surface area (TPSA) is 80.1 Å². The summed E-state index contributed by atoms with van der Waals surface area (Å²) in [6.45, 7) is 7.47. The lowest BCUT2D eigenvalue weighted by molar-refractivity contribution is -0.130. The van der Waals surface area contributed by atoms with Crippen LogP contribution >= 0.6 is 11.8 Å². The molecule has 1 aliphatic heterocycles. The van der Waals surface area contributed by atoms with E-state index in [1.165, 1.54) is 36.6 Å². The van der Waals surface area contributed by atoms with Crippen molar-refractivity contribution in [3.05, 3.63) is 35.2 Å². The van der Waals surface area contributed by atoms with Gasteiger partial charge in [-0.05, 0) is 63.6 Å². The van der Waals surface area contributed by atoms with Crippen molar-refractivity contribution >= 4 is 23.6 Å². The lowest BCUT2D eigenvalue weighted by Crippen LogP contribution is -2.48. The Bertz CT molecular complexity index is 991. The number of aryl methyl sites for hydroxylation is 3. The molecule has 8 heteroatoms. The zero-order valence-electron chi connectivity index (χ0n) is 20.0. The summed E-state index contributed by atoms with van der Waals surface area (Å²) in [6.07, 6.45) is 7.28. The predicted molar refractivity (Wildman–Crippen MR) is 131 cm³/mol. The molecule has 2 amide bonds. The van der Waals surface area contributed by atoms with Crippen LogP contribution in [0.25, 0.3) is 5.69 Å². The largest absolute Gasteiger partial charge is 0.353 e. The zero-order chi connectivity index (χ0) is 23.4. The second-order valence-corrected chi connectivity index (χ2v) is 10.4. The smallest absolute Gasteiger partial charge is 0.233 e. The van der Waals surface area contributed by atoms with Crippen molar-refractivity contribution in [3.63, 3.8) is 0 Å². The molecule has 0 atom stereocenters. The third-order valence-corrected chi connectivity index (χ3v) is 7.81. The first kappa shape index (κ1) is 23.8. The highest BCUT2D eigenvalue weighted by Gasteiger charge is 2.27. The minimum atomic E-state index is 0.116. The Balaban J connectivity index is 1.29. The summed E-state index contributed by atoms with van der Waals surface area (Å²) in [5.74, 6) is 1.67. The van der Waals surface area contributed by atoms with Gasteiger partial charge in [-0.25, -0.2) is 0 Å². The molecular weight excluding hydrogens is 434 g/mol. The molecular formula is C25H35N5O2S. The molecule has 1 saturated carbocycles. The summed E-state index contributed by atoms with van der Waals surface area (Å²) in [7, 11) is 0. The monoisotopic (exact) mass is 469 g/mol. The average Bonchev–Trinajstić information content (AvgIpc) is 3.20. The quantitative estimate of drug-likeness (QED) is 0.648. The van der Waals surface area contributed by atoms with Gasteiger partial charge in [-0.1, -0.05) is 43.2 Å². The number of nitrogens with zero attached hydrogens (tertiary/aromatic N) is 4. The standard InChI is InChI=1S/C25H35N5O2S/c1-17-9-10-18(2)22(15-17)30-19(3)27-28-25(30)33-16-23(31)29-13-11-21(12-14-29)26-24(32)20-7-5-4-6-8-20/h9-10,15,20-21H,4-8,11-14,16H2,1-3H3,(H,26,32). The summed E-state index contributed by atoms with van der Waals surface area (Å²) in [4.78, 5) is 27.3. The number of piperidine rings is 1. The van der Waals surface area contributed by atoms with E-state index in [2.05, 4.69) is 47.6 Å². The fourth-order valence-electron chi connectivity index (χ4n) is 4.85. The maximum atomic E-state index is 12.9. The lowest BCUT2D eigenvalue weighted by atomic mass is 9.88. The summed E-state index contributed by atoms with van der Waals surface area (Å²) in [5.41, 5.74) is 3.38. The molecule has 7 nitrogen and oxygen atoms in total. The van der Waals surface area contributed by atoms with Crippen LogP contribution in [-0.2, 0) is 9.59 Å². The van der Waals surface area contributed by atoms with Crippen molar-refractivity contribution in [2.24, 2.45) is 5.92 Å². The van der Waals surface area contributed by atoms with Crippen LogP contribution in [0.3, 0.4) is 0 Å². The van der Waals surface area contributed by atoms with Crippen molar-refractivity contribution in [2.45, 2.75) is 76.9 Å². The van der Waals surface area contributed by atoms with E-state index in [-0.39, 0.29) is 23.8 Å². The van der Waals surface area contributed by atoms with E-state index in [0.29, 0.717) is 18.8 Å². The molecule has 0 spiro atoms. The number of aromatic nitrogens is 3. The Morgan fingerprint density at radius 3 is 2.48 bits per heavy atom. The normalized spacial score (nSPS) is 17.8. The van der Waals surface area contributed by atoms with Crippen LogP contribution in [0.15, 0.2) is 23.4 Å². The number of hydrogen-bond acceptors (Lipinski definition) is 5. The molecule has 2 aliphatic rings. The molecule has 2 heterocycles. The molecule has 33 heavy (non-hydrogen) atoms. The second-order valence-electron chi connectivity index (χ2n) is 9.44. The Morgan fingerprint density at radius 1 is 1.03 bits per heavy atom. The summed E-state index contributed by atoms with van der Waals surface area (Å²) < 4.78 is 2.04. The van der Waals surface area contributed by atoms with E-state index in [0.717, 1.165) is 47.9 Å². The molecule has 1 aliphatic carbocycles. The van der Waals surface area contributed by atoms with Crippen LogP contribution in [0.1, 0.15) is 61.9 Å². The van der Waals surface area contributed by atoms with Gasteiger partial charge in [0.25, 0.3) is 0 Å². The number of likely N-dealkylation sites (tertiary alicyclic amines) is 1. The average molecular weight is 470 g/mol. The first-order chi connectivity index (χ1) is 15.9. The van der Waals surface area contributed by atoms with Crippen molar-refractivity contribution in [2.75, 3.05) is 18.8 Å². The van der Waals surface area contributed by atoms with Gasteiger partial charge >= 0.3 is 0 Å². The van der Waals surface area contributed by atoms with Gasteiger partial charge in [0.05, 0.1) is 11.4 Å². The van der Waals surface area contributed by atoms with Crippen LogP contribution in [0.2, 0.25) is 0 Å². The fourth-order valence-corrected chi connectivity index (χ4v) is 5.74. The van der Waals surface area contributed by atoms with E-state index in [4.69, 9.17) is 0 Å². The van der Waals surface area contributed by atoms with E-state index in [1.54, 1.807) is 0 Å². The van der Waals surface area contributed by atoms with Gasteiger partial charge in [-0.15, -0.1) is 10.2 Å². The number of benzene rings is 1. The lowest BCUT2D eigenvalue weighted by Gasteiger charge is -2.33. The van der Waals surface area contributed by atoms with Gasteiger partial charge in [0, 0.05) is 25.0 Å². The molecule has 0 radical (unpaired) electrons. The van der Waals surface area contributed by atoms with Crippen molar-refractivity contribution < 1.29 is 9.59 Å². The van der Waals surface area contributed by atoms with E-state index in [9.17, 15) is 9.59 Å². The summed E-state index contributed by atoms with van der Waals surface area (Å²) in [5, 5.41) is 12.6. The van der Waals surface area contributed by atoms with Gasteiger partial charge in [0.1, 0.15) is 5.82 Å². The van der Waals surface area contributed by atoms with E-state index >= 15 is 0 Å². The molecule has 4 rings (SSSR count). The minimum Gasteiger partial charge on any atom is -0.353 e. The molecule has 2 fully saturated rings. The Morgan fingerprint density at radius 2 is 1.76 bits per heavy atom. The number of rotatable bonds is 6. The third kappa shape index (κ3) is 5.78. The predicted octanol–water partition coefficient (Wildman–Crippen LogP) is 3.97. The molecule has 2 aromatic rings. The third-order valence-electron chi connectivity index (χ3n) is 6.90. The van der Waals surface area contributed by atoms with Gasteiger partial charge in [-0.2, -0.15) is 0 Å². The zero-order valence-corrected chi connectivity index (χ0v) is 20.8. The maximum Gasteiger partial charge on any atom is 0.233 e. The first-order valence-electron chi connectivity index (χ1n) is 12.1. The molecule has 178 valence electrons. The Kier molecular flexibility index (Phi) is 7.73. The molecule has 1 saturated heterocycles. The van der Waals surface area contributed by atoms with Gasteiger partial charge in [0.15, 0.2) is 5.16 Å². The summed E-state index contributed by atoms with van der Waals surface area (Å²) in [6, 6.07) is 6.51. The number of nitrogens with one attached hydrogen (secondary N) is 1. The number of carbonyl (C=O) groups is 2. The van der Waals surface area contributed by atoms with Crippen LogP contribution in [0.5, 0.6) is 0 Å². The summed E-state index contributed by atoms with van der Waals surface area (Å²) >= 11 is 1.44. The SMILES string of the molecule is Cc1ccc(C)c(-n2c(C)nnc2SCC(=O)N2CCC(NC(=O)C3CCCCC3)CC2)c1.